The smallest absolute Gasteiger partial charge is 0.410 e. The van der Waals surface area contributed by atoms with Crippen molar-refractivity contribution in [2.75, 3.05) is 24.5 Å². The van der Waals surface area contributed by atoms with Crippen LogP contribution in [0.4, 0.5) is 10.6 Å². The minimum Gasteiger partial charge on any atom is -0.444 e. The lowest BCUT2D eigenvalue weighted by atomic mass is 10.1. The minimum absolute atomic E-state index is 0.184. The quantitative estimate of drug-likeness (QED) is 0.909. The van der Waals surface area contributed by atoms with E-state index >= 15 is 0 Å². The second kappa shape index (κ2) is 5.93. The van der Waals surface area contributed by atoms with Gasteiger partial charge in [0.25, 0.3) is 0 Å². The number of rotatable bonds is 2. The van der Waals surface area contributed by atoms with Gasteiger partial charge in [-0.1, -0.05) is 12.1 Å². The Balaban J connectivity index is 1.55. The summed E-state index contributed by atoms with van der Waals surface area (Å²) in [4.78, 5) is 16.9. The molecule has 6 nitrogen and oxygen atoms in total. The summed E-state index contributed by atoms with van der Waals surface area (Å²) >= 11 is 0. The zero-order valence-corrected chi connectivity index (χ0v) is 15.2. The molecule has 0 spiro atoms. The third kappa shape index (κ3) is 3.30. The molecule has 1 atom stereocenters. The number of nitrogens with zero attached hydrogens (tertiary/aromatic N) is 3. The van der Waals surface area contributed by atoms with E-state index < -0.39 is 5.60 Å². The zero-order valence-electron chi connectivity index (χ0n) is 15.2. The number of amides is 1. The molecule has 1 amide bonds. The van der Waals surface area contributed by atoms with E-state index in [-0.39, 0.29) is 12.1 Å². The topological polar surface area (TPSA) is 61.5 Å². The monoisotopic (exact) mass is 342 g/mol. The Morgan fingerprint density at radius 2 is 2.00 bits per heavy atom. The first kappa shape index (κ1) is 16.2. The lowest BCUT2D eigenvalue weighted by molar-refractivity contribution is 0.0116. The number of ether oxygens (including phenoxy) is 1. The number of nitrogens with one attached hydrogen (secondary N) is 1. The van der Waals surface area contributed by atoms with E-state index in [0.717, 1.165) is 29.8 Å². The number of benzene rings is 1. The highest BCUT2D eigenvalue weighted by Crippen LogP contribution is 2.38. The molecule has 25 heavy (non-hydrogen) atoms. The molecule has 1 aliphatic carbocycles. The molecule has 1 N–H and O–H groups in total. The summed E-state index contributed by atoms with van der Waals surface area (Å²) in [6.07, 6.45) is 2.20. The van der Waals surface area contributed by atoms with Gasteiger partial charge in [0.2, 0.25) is 0 Å². The highest BCUT2D eigenvalue weighted by atomic mass is 16.6. The number of aromatic nitrogens is 2. The van der Waals surface area contributed by atoms with Gasteiger partial charge in [-0.3, -0.25) is 5.10 Å². The predicted molar refractivity (Wildman–Crippen MR) is 97.8 cm³/mol. The van der Waals surface area contributed by atoms with Crippen molar-refractivity contribution in [3.63, 3.8) is 0 Å². The summed E-state index contributed by atoms with van der Waals surface area (Å²) < 4.78 is 5.63. The molecule has 1 aromatic heterocycles. The van der Waals surface area contributed by atoms with Crippen LogP contribution in [0, 0.1) is 5.92 Å². The molecule has 134 valence electrons. The second-order valence-corrected chi connectivity index (χ2v) is 8.12. The molecule has 0 bridgehead atoms. The Kier molecular flexibility index (Phi) is 3.85. The fourth-order valence-electron chi connectivity index (χ4n) is 3.62. The number of piperazine rings is 1. The second-order valence-electron chi connectivity index (χ2n) is 8.12. The van der Waals surface area contributed by atoms with Crippen LogP contribution < -0.4 is 4.90 Å². The maximum Gasteiger partial charge on any atom is 0.410 e. The molecule has 2 aromatic rings. The number of aromatic amines is 1. The van der Waals surface area contributed by atoms with Crippen LogP contribution >= 0.6 is 0 Å². The highest BCUT2D eigenvalue weighted by molar-refractivity contribution is 5.90. The highest BCUT2D eigenvalue weighted by Gasteiger charge is 2.42. The summed E-state index contributed by atoms with van der Waals surface area (Å²) in [5.74, 6) is 1.57. The first-order valence-corrected chi connectivity index (χ1v) is 9.10. The Morgan fingerprint density at radius 3 is 2.72 bits per heavy atom. The van der Waals surface area contributed by atoms with Gasteiger partial charge in [0.1, 0.15) is 5.60 Å². The largest absolute Gasteiger partial charge is 0.444 e. The van der Waals surface area contributed by atoms with Crippen molar-refractivity contribution in [2.24, 2.45) is 5.92 Å². The normalized spacial score (nSPS) is 21.6. The Morgan fingerprint density at radius 1 is 1.24 bits per heavy atom. The summed E-state index contributed by atoms with van der Waals surface area (Å²) in [6, 6.07) is 8.40. The lowest BCUT2D eigenvalue weighted by Crippen LogP contribution is -2.57. The van der Waals surface area contributed by atoms with Gasteiger partial charge in [0.15, 0.2) is 5.82 Å². The molecular weight excluding hydrogens is 316 g/mol. The zero-order chi connectivity index (χ0) is 17.6. The summed E-state index contributed by atoms with van der Waals surface area (Å²) in [5.41, 5.74) is 0.593. The van der Waals surface area contributed by atoms with Crippen molar-refractivity contribution in [3.05, 3.63) is 24.3 Å². The minimum atomic E-state index is -0.458. The molecule has 1 aromatic carbocycles. The number of para-hydroxylation sites is 1. The van der Waals surface area contributed by atoms with E-state index in [1.165, 1.54) is 12.8 Å². The summed E-state index contributed by atoms with van der Waals surface area (Å²) in [7, 11) is 0. The average molecular weight is 342 g/mol. The maximum atomic E-state index is 12.6. The standard InChI is InChI=1S/C19H26N4O2/c1-19(2,3)25-18(24)23-11-10-22(12-16(23)13-8-9-13)17-14-6-4-5-7-15(14)20-21-17/h4-7,13,16H,8-12H2,1-3H3,(H,20,21)/t16-/m1/s1. The van der Waals surface area contributed by atoms with Gasteiger partial charge in [-0.25, -0.2) is 4.79 Å². The van der Waals surface area contributed by atoms with Crippen LogP contribution in [-0.2, 0) is 4.74 Å². The van der Waals surface area contributed by atoms with E-state index in [1.807, 2.05) is 43.9 Å². The van der Waals surface area contributed by atoms with Crippen molar-refractivity contribution in [1.29, 1.82) is 0 Å². The first-order chi connectivity index (χ1) is 11.9. The molecule has 4 rings (SSSR count). The number of fused-ring (bicyclic) bond motifs is 1. The van der Waals surface area contributed by atoms with Gasteiger partial charge in [-0.2, -0.15) is 5.10 Å². The number of carbonyl (C=O) groups is 1. The van der Waals surface area contributed by atoms with Crippen LogP contribution in [0.2, 0.25) is 0 Å². The number of hydrogen-bond donors (Lipinski definition) is 1. The molecule has 6 heteroatoms. The number of carbonyl (C=O) groups excluding carboxylic acids is 1. The Bertz CT molecular complexity index is 775. The van der Waals surface area contributed by atoms with E-state index in [4.69, 9.17) is 4.74 Å². The lowest BCUT2D eigenvalue weighted by Gasteiger charge is -2.42. The summed E-state index contributed by atoms with van der Waals surface area (Å²) in [5, 5.41) is 8.78. The van der Waals surface area contributed by atoms with Crippen molar-refractivity contribution in [3.8, 4) is 0 Å². The molecular formula is C19H26N4O2. The number of hydrogen-bond acceptors (Lipinski definition) is 4. The van der Waals surface area contributed by atoms with Crippen molar-refractivity contribution < 1.29 is 9.53 Å². The van der Waals surface area contributed by atoms with Crippen LogP contribution in [0.1, 0.15) is 33.6 Å². The molecule has 0 radical (unpaired) electrons. The van der Waals surface area contributed by atoms with Crippen LogP contribution in [0.15, 0.2) is 24.3 Å². The van der Waals surface area contributed by atoms with Crippen LogP contribution in [0.25, 0.3) is 10.9 Å². The molecule has 1 aliphatic heterocycles. The van der Waals surface area contributed by atoms with E-state index in [0.29, 0.717) is 12.5 Å². The predicted octanol–water partition coefficient (Wildman–Crippen LogP) is 3.40. The Hall–Kier alpha value is -2.24. The fraction of sp³-hybridized carbons (Fsp3) is 0.579. The van der Waals surface area contributed by atoms with Crippen molar-refractivity contribution in [2.45, 2.75) is 45.3 Å². The Labute approximate surface area is 148 Å². The summed E-state index contributed by atoms with van der Waals surface area (Å²) in [6.45, 7) is 8.03. The molecule has 0 unspecified atom stereocenters. The third-order valence-corrected chi connectivity index (χ3v) is 4.96. The average Bonchev–Trinajstić information content (AvgIpc) is 3.32. The number of anilines is 1. The first-order valence-electron chi connectivity index (χ1n) is 9.10. The molecule has 2 aliphatic rings. The van der Waals surface area contributed by atoms with Crippen LogP contribution in [0.3, 0.4) is 0 Å². The van der Waals surface area contributed by atoms with E-state index in [1.54, 1.807) is 0 Å². The van der Waals surface area contributed by atoms with Gasteiger partial charge < -0.3 is 14.5 Å². The van der Waals surface area contributed by atoms with Crippen LogP contribution in [-0.4, -0.2) is 52.5 Å². The molecule has 1 saturated carbocycles. The van der Waals surface area contributed by atoms with E-state index in [9.17, 15) is 4.79 Å². The third-order valence-electron chi connectivity index (χ3n) is 4.96. The van der Waals surface area contributed by atoms with E-state index in [2.05, 4.69) is 21.2 Å². The van der Waals surface area contributed by atoms with Crippen molar-refractivity contribution >= 4 is 22.8 Å². The molecule has 2 heterocycles. The van der Waals surface area contributed by atoms with Gasteiger partial charge in [-0.05, 0) is 51.7 Å². The maximum absolute atomic E-state index is 12.6. The fourth-order valence-corrected chi connectivity index (χ4v) is 3.62. The molecule has 2 fully saturated rings. The van der Waals surface area contributed by atoms with Gasteiger partial charge >= 0.3 is 6.09 Å². The molecule has 1 saturated heterocycles. The SMILES string of the molecule is CC(C)(C)OC(=O)N1CCN(c2n[nH]c3ccccc23)C[C@@H]1C1CC1. The van der Waals surface area contributed by atoms with Crippen molar-refractivity contribution in [1.82, 2.24) is 15.1 Å². The number of H-pyrrole nitrogens is 1. The van der Waals surface area contributed by atoms with Gasteiger partial charge in [0.05, 0.1) is 11.6 Å². The van der Waals surface area contributed by atoms with Gasteiger partial charge in [-0.15, -0.1) is 0 Å². The van der Waals surface area contributed by atoms with Crippen LogP contribution in [0.5, 0.6) is 0 Å². The van der Waals surface area contributed by atoms with Gasteiger partial charge in [0, 0.05) is 25.0 Å².